The molecule has 0 saturated heterocycles. The molecule has 0 aliphatic heterocycles. The minimum absolute atomic E-state index is 0.0194. The molecule has 0 heterocycles. The Morgan fingerprint density at radius 1 is 1.45 bits per heavy atom. The van der Waals surface area contributed by atoms with Crippen LogP contribution < -0.4 is 10.1 Å². The van der Waals surface area contributed by atoms with Crippen molar-refractivity contribution in [2.45, 2.75) is 45.6 Å². The highest BCUT2D eigenvalue weighted by Gasteiger charge is 2.22. The van der Waals surface area contributed by atoms with Gasteiger partial charge in [0.05, 0.1) is 11.5 Å². The van der Waals surface area contributed by atoms with Gasteiger partial charge in [-0.05, 0) is 38.7 Å². The Morgan fingerprint density at radius 2 is 2.15 bits per heavy atom. The predicted octanol–water partition coefficient (Wildman–Crippen LogP) is 3.98. The molecule has 1 saturated carbocycles. The molecule has 1 unspecified atom stereocenters. The normalized spacial score (nSPS) is 16.9. The summed E-state index contributed by atoms with van der Waals surface area (Å²) in [6.45, 7) is 4.42. The minimum Gasteiger partial charge on any atom is -0.487 e. The van der Waals surface area contributed by atoms with E-state index in [0.29, 0.717) is 24.3 Å². The second-order valence-electron chi connectivity index (χ2n) is 5.35. The average molecular weight is 278 g/mol. The molecule has 5 nitrogen and oxygen atoms in total. The molecule has 110 valence electrons. The number of nitrogens with one attached hydrogen (secondary N) is 1. The maximum atomic E-state index is 10.9. The lowest BCUT2D eigenvalue weighted by Crippen LogP contribution is -2.23. The molecule has 1 fully saturated rings. The van der Waals surface area contributed by atoms with Crippen molar-refractivity contribution < 1.29 is 9.66 Å². The molecule has 0 radical (unpaired) electrons. The molecule has 5 heteroatoms. The van der Waals surface area contributed by atoms with E-state index in [1.165, 1.54) is 31.7 Å². The van der Waals surface area contributed by atoms with Crippen molar-refractivity contribution in [2.24, 2.45) is 5.92 Å². The zero-order valence-corrected chi connectivity index (χ0v) is 12.1. The largest absolute Gasteiger partial charge is 0.487 e. The Morgan fingerprint density at radius 3 is 2.75 bits per heavy atom. The van der Waals surface area contributed by atoms with Gasteiger partial charge in [-0.3, -0.25) is 10.1 Å². The van der Waals surface area contributed by atoms with Gasteiger partial charge in [0.1, 0.15) is 0 Å². The first-order chi connectivity index (χ1) is 9.61. The third kappa shape index (κ3) is 3.40. The van der Waals surface area contributed by atoms with Crippen molar-refractivity contribution in [3.05, 3.63) is 28.3 Å². The monoisotopic (exact) mass is 278 g/mol. The van der Waals surface area contributed by atoms with E-state index in [2.05, 4.69) is 12.2 Å². The lowest BCUT2D eigenvalue weighted by Gasteiger charge is -2.21. The number of nitro groups is 1. The molecule has 0 bridgehead atoms. The van der Waals surface area contributed by atoms with Crippen molar-refractivity contribution in [3.8, 4) is 5.75 Å². The summed E-state index contributed by atoms with van der Waals surface area (Å²) in [6, 6.07) is 5.38. The molecule has 20 heavy (non-hydrogen) atoms. The highest BCUT2D eigenvalue weighted by atomic mass is 16.6. The van der Waals surface area contributed by atoms with Crippen LogP contribution in [0.1, 0.15) is 39.5 Å². The summed E-state index contributed by atoms with van der Waals surface area (Å²) >= 11 is 0. The van der Waals surface area contributed by atoms with E-state index in [1.54, 1.807) is 12.1 Å². The van der Waals surface area contributed by atoms with E-state index in [0.717, 1.165) is 5.69 Å². The standard InChI is InChI=1S/C15H22N2O3/c1-3-20-15-10-13(8-9-14(15)17(18)19)16-11(2)12-6-4-5-7-12/h8-12,16H,3-7H2,1-2H3. The third-order valence-corrected chi connectivity index (χ3v) is 3.96. The summed E-state index contributed by atoms with van der Waals surface area (Å²) in [5.41, 5.74) is 0.907. The quantitative estimate of drug-likeness (QED) is 0.631. The van der Waals surface area contributed by atoms with E-state index in [9.17, 15) is 10.1 Å². The van der Waals surface area contributed by atoms with E-state index in [1.807, 2.05) is 6.92 Å². The maximum absolute atomic E-state index is 10.9. The van der Waals surface area contributed by atoms with Crippen LogP contribution in [0.25, 0.3) is 0 Å². The number of nitrogens with zero attached hydrogens (tertiary/aromatic N) is 1. The van der Waals surface area contributed by atoms with Crippen LogP contribution in [0.3, 0.4) is 0 Å². The van der Waals surface area contributed by atoms with Crippen LogP contribution in [-0.2, 0) is 0 Å². The fraction of sp³-hybridized carbons (Fsp3) is 0.600. The van der Waals surface area contributed by atoms with Gasteiger partial charge in [-0.1, -0.05) is 12.8 Å². The number of anilines is 1. The van der Waals surface area contributed by atoms with Crippen molar-refractivity contribution >= 4 is 11.4 Å². The van der Waals surface area contributed by atoms with Crippen molar-refractivity contribution in [3.63, 3.8) is 0 Å². The third-order valence-electron chi connectivity index (χ3n) is 3.96. The number of nitro benzene ring substituents is 1. The Bertz CT molecular complexity index is 470. The van der Waals surface area contributed by atoms with Crippen LogP contribution >= 0.6 is 0 Å². The van der Waals surface area contributed by atoms with Gasteiger partial charge in [0.2, 0.25) is 0 Å². The molecule has 0 amide bonds. The van der Waals surface area contributed by atoms with Gasteiger partial charge in [-0.15, -0.1) is 0 Å². The van der Waals surface area contributed by atoms with Gasteiger partial charge in [0.15, 0.2) is 5.75 Å². The molecular weight excluding hydrogens is 256 g/mol. The highest BCUT2D eigenvalue weighted by Crippen LogP contribution is 2.33. The number of ether oxygens (including phenoxy) is 1. The maximum Gasteiger partial charge on any atom is 0.311 e. The van der Waals surface area contributed by atoms with Crippen molar-refractivity contribution in [1.29, 1.82) is 0 Å². The summed E-state index contributed by atoms with van der Waals surface area (Å²) in [5.74, 6) is 1.03. The predicted molar refractivity (Wildman–Crippen MR) is 79.3 cm³/mol. The number of hydrogen-bond acceptors (Lipinski definition) is 4. The first-order valence-electron chi connectivity index (χ1n) is 7.29. The fourth-order valence-electron chi connectivity index (χ4n) is 2.86. The van der Waals surface area contributed by atoms with Gasteiger partial charge in [-0.25, -0.2) is 0 Å². The smallest absolute Gasteiger partial charge is 0.311 e. The van der Waals surface area contributed by atoms with Crippen LogP contribution in [0.5, 0.6) is 5.75 Å². The molecule has 1 aromatic rings. The summed E-state index contributed by atoms with van der Waals surface area (Å²) in [7, 11) is 0. The summed E-state index contributed by atoms with van der Waals surface area (Å²) in [4.78, 5) is 10.5. The Hall–Kier alpha value is -1.78. The van der Waals surface area contributed by atoms with Gasteiger partial charge in [-0.2, -0.15) is 0 Å². The summed E-state index contributed by atoms with van der Waals surface area (Å²) < 4.78 is 5.36. The number of benzene rings is 1. The molecule has 2 rings (SSSR count). The molecule has 1 aliphatic carbocycles. The van der Waals surface area contributed by atoms with Gasteiger partial charge in [0.25, 0.3) is 0 Å². The van der Waals surface area contributed by atoms with Crippen LogP contribution in [0.4, 0.5) is 11.4 Å². The van der Waals surface area contributed by atoms with E-state index in [-0.39, 0.29) is 5.69 Å². The van der Waals surface area contributed by atoms with Gasteiger partial charge < -0.3 is 10.1 Å². The Labute approximate surface area is 119 Å². The van der Waals surface area contributed by atoms with E-state index >= 15 is 0 Å². The van der Waals surface area contributed by atoms with Crippen LogP contribution in [0.2, 0.25) is 0 Å². The van der Waals surface area contributed by atoms with Gasteiger partial charge >= 0.3 is 5.69 Å². The highest BCUT2D eigenvalue weighted by molar-refractivity contribution is 5.58. The second kappa shape index (κ2) is 6.59. The minimum atomic E-state index is -0.408. The first-order valence-corrected chi connectivity index (χ1v) is 7.29. The van der Waals surface area contributed by atoms with Crippen molar-refractivity contribution in [1.82, 2.24) is 0 Å². The fourth-order valence-corrected chi connectivity index (χ4v) is 2.86. The topological polar surface area (TPSA) is 64.4 Å². The average Bonchev–Trinajstić information content (AvgIpc) is 2.93. The summed E-state index contributed by atoms with van der Waals surface area (Å²) in [6.07, 6.45) is 5.14. The van der Waals surface area contributed by atoms with Crippen LogP contribution in [-0.4, -0.2) is 17.6 Å². The molecule has 0 spiro atoms. The molecule has 1 atom stereocenters. The zero-order valence-electron chi connectivity index (χ0n) is 12.1. The Kier molecular flexibility index (Phi) is 4.82. The lowest BCUT2D eigenvalue weighted by molar-refractivity contribution is -0.385. The Balaban J connectivity index is 2.11. The van der Waals surface area contributed by atoms with E-state index in [4.69, 9.17) is 4.74 Å². The number of hydrogen-bond donors (Lipinski definition) is 1. The zero-order chi connectivity index (χ0) is 14.5. The van der Waals surface area contributed by atoms with Gasteiger partial charge in [0, 0.05) is 23.9 Å². The van der Waals surface area contributed by atoms with Crippen molar-refractivity contribution in [2.75, 3.05) is 11.9 Å². The lowest BCUT2D eigenvalue weighted by atomic mass is 9.99. The number of rotatable bonds is 6. The molecule has 1 aromatic carbocycles. The molecule has 1 aliphatic rings. The first kappa shape index (κ1) is 14.6. The molecular formula is C15H22N2O3. The van der Waals surface area contributed by atoms with Crippen LogP contribution in [0.15, 0.2) is 18.2 Å². The SMILES string of the molecule is CCOc1cc(NC(C)C2CCCC2)ccc1[N+](=O)[O-]. The summed E-state index contributed by atoms with van der Waals surface area (Å²) in [5, 5.41) is 14.4. The molecule has 0 aromatic heterocycles. The second-order valence-corrected chi connectivity index (χ2v) is 5.35. The van der Waals surface area contributed by atoms with Crippen LogP contribution in [0, 0.1) is 16.0 Å². The van der Waals surface area contributed by atoms with E-state index < -0.39 is 4.92 Å². The molecule has 1 N–H and O–H groups in total.